The van der Waals surface area contributed by atoms with Crippen LogP contribution in [0.1, 0.15) is 36.2 Å². The van der Waals surface area contributed by atoms with Gasteiger partial charge in [0.15, 0.2) is 11.3 Å². The van der Waals surface area contributed by atoms with Gasteiger partial charge in [0.1, 0.15) is 0 Å². The van der Waals surface area contributed by atoms with E-state index >= 15 is 0 Å². The fraction of sp³-hybridized carbons (Fsp3) is 0.286. The van der Waals surface area contributed by atoms with Crippen molar-refractivity contribution >= 4 is 39.2 Å². The number of hydrogen-bond acceptors (Lipinski definition) is 3. The number of nitrogens with zero attached hydrogens (tertiary/aromatic N) is 1. The third-order valence-corrected chi connectivity index (χ3v) is 5.38. The predicted molar refractivity (Wildman–Crippen MR) is 108 cm³/mol. The van der Waals surface area contributed by atoms with Crippen LogP contribution >= 0.6 is 15.9 Å². The van der Waals surface area contributed by atoms with Crippen LogP contribution in [0.3, 0.4) is 0 Å². The molecule has 1 atom stereocenters. The van der Waals surface area contributed by atoms with Crippen LogP contribution in [0.15, 0.2) is 53.0 Å². The van der Waals surface area contributed by atoms with Gasteiger partial charge in [-0.2, -0.15) is 0 Å². The zero-order valence-corrected chi connectivity index (χ0v) is 17.0. The molecule has 140 valence electrons. The van der Waals surface area contributed by atoms with Gasteiger partial charge in [0, 0.05) is 40.7 Å². The Balaban J connectivity index is 2.06. The molecule has 0 spiro atoms. The molecule has 0 unspecified atom stereocenters. The third kappa shape index (κ3) is 3.41. The van der Waals surface area contributed by atoms with Gasteiger partial charge < -0.3 is 10.2 Å². The molecule has 2 amide bonds. The number of para-hydroxylation sites is 1. The molecule has 27 heavy (non-hydrogen) atoms. The Bertz CT molecular complexity index is 908. The van der Waals surface area contributed by atoms with E-state index in [4.69, 9.17) is 0 Å². The normalized spacial score (nSPS) is 18.6. The maximum atomic E-state index is 13.2. The first-order valence-electron chi connectivity index (χ1n) is 8.74. The molecule has 3 rings (SSSR count). The molecule has 0 bridgehead atoms. The lowest BCUT2D eigenvalue weighted by Gasteiger charge is -2.30. The maximum Gasteiger partial charge on any atom is 0.257 e. The molecule has 2 aromatic carbocycles. The number of halogens is 1. The highest BCUT2D eigenvalue weighted by Crippen LogP contribution is 2.42. The highest BCUT2D eigenvalue weighted by Gasteiger charge is 2.52. The molecule has 1 N–H and O–H groups in total. The minimum atomic E-state index is -1.39. The fourth-order valence-electron chi connectivity index (χ4n) is 3.31. The SMILES string of the molecule is CC(C)C(=O)N[C@@]1(CC(=O)c2ccc(Br)cc2)C(=O)N(C)c2ccccc21. The number of fused-ring (bicyclic) bond motifs is 1. The molecule has 0 fully saturated rings. The summed E-state index contributed by atoms with van der Waals surface area (Å²) in [7, 11) is 1.66. The topological polar surface area (TPSA) is 66.5 Å². The van der Waals surface area contributed by atoms with E-state index in [9.17, 15) is 14.4 Å². The van der Waals surface area contributed by atoms with Crippen LogP contribution in [0, 0.1) is 5.92 Å². The van der Waals surface area contributed by atoms with E-state index < -0.39 is 5.54 Å². The Morgan fingerprint density at radius 2 is 1.74 bits per heavy atom. The molecule has 1 heterocycles. The van der Waals surface area contributed by atoms with Crippen molar-refractivity contribution in [2.24, 2.45) is 5.92 Å². The van der Waals surface area contributed by atoms with Crippen molar-refractivity contribution < 1.29 is 14.4 Å². The van der Waals surface area contributed by atoms with E-state index in [1.807, 2.05) is 18.2 Å². The number of likely N-dealkylation sites (N-methyl/N-ethyl adjacent to an activating group) is 1. The zero-order chi connectivity index (χ0) is 19.8. The van der Waals surface area contributed by atoms with E-state index in [0.29, 0.717) is 16.8 Å². The van der Waals surface area contributed by atoms with E-state index in [0.717, 1.165) is 4.47 Å². The van der Waals surface area contributed by atoms with Crippen molar-refractivity contribution in [3.05, 3.63) is 64.1 Å². The van der Waals surface area contributed by atoms with Crippen molar-refractivity contribution in [3.8, 4) is 0 Å². The van der Waals surface area contributed by atoms with Gasteiger partial charge in [0.05, 0.1) is 0 Å². The maximum absolute atomic E-state index is 13.2. The molecular weight excluding hydrogens is 408 g/mol. The van der Waals surface area contributed by atoms with Crippen molar-refractivity contribution in [3.63, 3.8) is 0 Å². The molecule has 0 aromatic heterocycles. The second kappa shape index (κ2) is 7.27. The highest BCUT2D eigenvalue weighted by atomic mass is 79.9. The highest BCUT2D eigenvalue weighted by molar-refractivity contribution is 9.10. The Morgan fingerprint density at radius 3 is 2.37 bits per heavy atom. The molecule has 0 aliphatic carbocycles. The molecule has 0 radical (unpaired) electrons. The van der Waals surface area contributed by atoms with Gasteiger partial charge >= 0.3 is 0 Å². The van der Waals surface area contributed by atoms with Gasteiger partial charge in [-0.3, -0.25) is 14.4 Å². The van der Waals surface area contributed by atoms with Crippen LogP contribution < -0.4 is 10.2 Å². The first kappa shape index (κ1) is 19.3. The van der Waals surface area contributed by atoms with E-state index in [1.165, 1.54) is 4.90 Å². The molecule has 1 aliphatic rings. The molecule has 0 saturated heterocycles. The van der Waals surface area contributed by atoms with Crippen LogP contribution in [-0.4, -0.2) is 24.6 Å². The van der Waals surface area contributed by atoms with Crippen molar-refractivity contribution in [2.75, 3.05) is 11.9 Å². The smallest absolute Gasteiger partial charge is 0.257 e. The number of benzene rings is 2. The van der Waals surface area contributed by atoms with E-state index in [-0.39, 0.29) is 29.9 Å². The van der Waals surface area contributed by atoms with Gasteiger partial charge in [0.25, 0.3) is 5.91 Å². The minimum absolute atomic E-state index is 0.132. The third-order valence-electron chi connectivity index (χ3n) is 4.85. The second-order valence-electron chi connectivity index (χ2n) is 7.04. The average Bonchev–Trinajstić information content (AvgIpc) is 2.85. The lowest BCUT2D eigenvalue weighted by Crippen LogP contribution is -2.54. The van der Waals surface area contributed by atoms with Crippen LogP contribution in [0.5, 0.6) is 0 Å². The molecule has 1 aliphatic heterocycles. The molecule has 0 saturated carbocycles. The zero-order valence-electron chi connectivity index (χ0n) is 15.5. The lowest BCUT2D eigenvalue weighted by atomic mass is 9.84. The number of Topliss-reactive ketones (excluding diaryl/α,β-unsaturated/α-hetero) is 1. The Hall–Kier alpha value is -2.47. The number of anilines is 1. The summed E-state index contributed by atoms with van der Waals surface area (Å²) in [4.78, 5) is 40.2. The molecular formula is C21H21BrN2O3. The molecule has 5 nitrogen and oxygen atoms in total. The van der Waals surface area contributed by atoms with Crippen LogP contribution in [-0.2, 0) is 15.1 Å². The summed E-state index contributed by atoms with van der Waals surface area (Å²) in [5.74, 6) is -1.08. The minimum Gasteiger partial charge on any atom is -0.337 e. The summed E-state index contributed by atoms with van der Waals surface area (Å²) in [6, 6.07) is 14.2. The first-order valence-corrected chi connectivity index (χ1v) is 9.54. The number of rotatable bonds is 5. The van der Waals surface area contributed by atoms with Gasteiger partial charge in [-0.15, -0.1) is 0 Å². The Kier molecular flexibility index (Phi) is 5.20. The number of nitrogens with one attached hydrogen (secondary N) is 1. The molecule has 6 heteroatoms. The number of carbonyl (C=O) groups is 3. The monoisotopic (exact) mass is 428 g/mol. The summed E-state index contributed by atoms with van der Waals surface area (Å²) < 4.78 is 0.865. The standard InChI is InChI=1S/C21H21BrN2O3/c1-13(2)19(26)23-21(12-18(25)14-8-10-15(22)11-9-14)16-6-4-5-7-17(16)24(3)20(21)27/h4-11,13H,12H2,1-3H3,(H,23,26)/t21-/m1/s1. The van der Waals surface area contributed by atoms with E-state index in [1.54, 1.807) is 51.2 Å². The number of ketones is 1. The summed E-state index contributed by atoms with van der Waals surface area (Å²) in [6.07, 6.45) is -0.132. The summed E-state index contributed by atoms with van der Waals surface area (Å²) >= 11 is 3.35. The average molecular weight is 429 g/mol. The summed E-state index contributed by atoms with van der Waals surface area (Å²) in [5.41, 5.74) is 0.458. The van der Waals surface area contributed by atoms with Crippen molar-refractivity contribution in [1.82, 2.24) is 5.32 Å². The summed E-state index contributed by atoms with van der Waals surface area (Å²) in [6.45, 7) is 3.52. The van der Waals surface area contributed by atoms with Crippen molar-refractivity contribution in [1.29, 1.82) is 0 Å². The van der Waals surface area contributed by atoms with Gasteiger partial charge in [0.2, 0.25) is 5.91 Å². The van der Waals surface area contributed by atoms with Crippen LogP contribution in [0.2, 0.25) is 0 Å². The summed E-state index contributed by atoms with van der Waals surface area (Å²) in [5, 5.41) is 2.88. The number of hydrogen-bond donors (Lipinski definition) is 1. The fourth-order valence-corrected chi connectivity index (χ4v) is 3.57. The number of carbonyl (C=O) groups excluding carboxylic acids is 3. The second-order valence-corrected chi connectivity index (χ2v) is 7.95. The van der Waals surface area contributed by atoms with Gasteiger partial charge in [-0.05, 0) is 18.2 Å². The number of amides is 2. The van der Waals surface area contributed by atoms with Crippen LogP contribution in [0.4, 0.5) is 5.69 Å². The quantitative estimate of drug-likeness (QED) is 0.738. The van der Waals surface area contributed by atoms with E-state index in [2.05, 4.69) is 21.2 Å². The van der Waals surface area contributed by atoms with Gasteiger partial charge in [-0.25, -0.2) is 0 Å². The van der Waals surface area contributed by atoms with Crippen LogP contribution in [0.25, 0.3) is 0 Å². The van der Waals surface area contributed by atoms with Crippen molar-refractivity contribution in [2.45, 2.75) is 25.8 Å². The lowest BCUT2D eigenvalue weighted by molar-refractivity contribution is -0.133. The van der Waals surface area contributed by atoms with Gasteiger partial charge in [-0.1, -0.05) is 60.1 Å². The first-order chi connectivity index (χ1) is 12.8. The largest absolute Gasteiger partial charge is 0.337 e. The predicted octanol–water partition coefficient (Wildman–Crippen LogP) is 3.67. The Labute approximate surface area is 166 Å². The Morgan fingerprint density at radius 1 is 1.11 bits per heavy atom. The molecule has 2 aromatic rings.